The molecule has 1 aliphatic rings. The van der Waals surface area contributed by atoms with E-state index in [0.29, 0.717) is 29.6 Å². The maximum Gasteiger partial charge on any atom is 0.274 e. The lowest BCUT2D eigenvalue weighted by atomic mass is 10.1. The van der Waals surface area contributed by atoms with E-state index in [9.17, 15) is 9.59 Å². The molecule has 0 saturated carbocycles. The number of carbonyl (C=O) groups excluding carboxylic acids is 1. The summed E-state index contributed by atoms with van der Waals surface area (Å²) in [5.74, 6) is 0.0688. The van der Waals surface area contributed by atoms with Gasteiger partial charge in [0.1, 0.15) is 0 Å². The van der Waals surface area contributed by atoms with E-state index in [4.69, 9.17) is 0 Å². The van der Waals surface area contributed by atoms with Gasteiger partial charge in [0.25, 0.3) is 11.5 Å². The highest BCUT2D eigenvalue weighted by atomic mass is 16.2. The van der Waals surface area contributed by atoms with Crippen LogP contribution in [0.2, 0.25) is 0 Å². The van der Waals surface area contributed by atoms with E-state index >= 15 is 0 Å². The van der Waals surface area contributed by atoms with E-state index in [0.717, 1.165) is 18.7 Å². The quantitative estimate of drug-likeness (QED) is 0.582. The number of fused-ring (bicyclic) bond motifs is 1. The van der Waals surface area contributed by atoms with Gasteiger partial charge in [-0.2, -0.15) is 5.10 Å². The minimum Gasteiger partial charge on any atom is -0.372 e. The second-order valence-corrected chi connectivity index (χ2v) is 9.15. The van der Waals surface area contributed by atoms with Crippen molar-refractivity contribution in [1.82, 2.24) is 14.7 Å². The summed E-state index contributed by atoms with van der Waals surface area (Å²) in [7, 11) is 1.79. The van der Waals surface area contributed by atoms with E-state index in [-0.39, 0.29) is 17.4 Å². The maximum absolute atomic E-state index is 13.4. The Labute approximate surface area is 189 Å². The number of piperidine rings is 1. The minimum atomic E-state index is -0.182. The Kier molecular flexibility index (Phi) is 6.58. The Hall–Kier alpha value is -3.15. The van der Waals surface area contributed by atoms with Crippen molar-refractivity contribution in [2.24, 2.45) is 5.92 Å². The zero-order valence-corrected chi connectivity index (χ0v) is 19.3. The molecule has 6 heteroatoms. The van der Waals surface area contributed by atoms with Gasteiger partial charge in [0, 0.05) is 44.3 Å². The van der Waals surface area contributed by atoms with Gasteiger partial charge >= 0.3 is 0 Å². The third kappa shape index (κ3) is 4.69. The molecule has 2 aromatic carbocycles. The highest BCUT2D eigenvalue weighted by Gasteiger charge is 2.20. The van der Waals surface area contributed by atoms with E-state index in [2.05, 4.69) is 34.3 Å². The normalized spacial score (nSPS) is 14.2. The summed E-state index contributed by atoms with van der Waals surface area (Å²) in [4.78, 5) is 30.3. The number of rotatable bonds is 6. The van der Waals surface area contributed by atoms with Gasteiger partial charge in [-0.05, 0) is 48.9 Å². The van der Waals surface area contributed by atoms with Crippen LogP contribution in [0.3, 0.4) is 0 Å². The Balaban J connectivity index is 1.57. The lowest BCUT2D eigenvalue weighted by Crippen LogP contribution is -2.32. The van der Waals surface area contributed by atoms with Crippen molar-refractivity contribution < 1.29 is 4.79 Å². The number of aromatic nitrogens is 2. The predicted molar refractivity (Wildman–Crippen MR) is 129 cm³/mol. The molecule has 3 aromatic rings. The van der Waals surface area contributed by atoms with Crippen molar-refractivity contribution in [3.05, 3.63) is 70.1 Å². The van der Waals surface area contributed by atoms with Gasteiger partial charge in [-0.25, -0.2) is 4.68 Å². The van der Waals surface area contributed by atoms with Crippen molar-refractivity contribution >= 4 is 22.4 Å². The van der Waals surface area contributed by atoms with Crippen molar-refractivity contribution in [3.63, 3.8) is 0 Å². The van der Waals surface area contributed by atoms with E-state index in [1.54, 1.807) is 24.1 Å². The fourth-order valence-electron chi connectivity index (χ4n) is 4.35. The van der Waals surface area contributed by atoms with Crippen LogP contribution in [-0.4, -0.2) is 40.7 Å². The summed E-state index contributed by atoms with van der Waals surface area (Å²) in [5, 5.41) is 5.62. The molecule has 32 heavy (non-hydrogen) atoms. The van der Waals surface area contributed by atoms with Gasteiger partial charge in [0.05, 0.1) is 5.39 Å². The molecule has 1 aliphatic heterocycles. The average Bonchev–Trinajstić information content (AvgIpc) is 2.81. The summed E-state index contributed by atoms with van der Waals surface area (Å²) in [6.45, 7) is 7.25. The van der Waals surface area contributed by atoms with Crippen LogP contribution in [0, 0.1) is 5.92 Å². The molecule has 0 atom stereocenters. The molecular formula is C26H32N4O2. The smallest absolute Gasteiger partial charge is 0.274 e. The first kappa shape index (κ1) is 22.1. The number of benzene rings is 2. The lowest BCUT2D eigenvalue weighted by Gasteiger charge is -2.29. The fourth-order valence-corrected chi connectivity index (χ4v) is 4.35. The van der Waals surface area contributed by atoms with Gasteiger partial charge in [0.2, 0.25) is 0 Å². The van der Waals surface area contributed by atoms with E-state index < -0.39 is 0 Å². The largest absolute Gasteiger partial charge is 0.372 e. The van der Waals surface area contributed by atoms with Crippen LogP contribution in [0.25, 0.3) is 10.8 Å². The molecule has 4 rings (SSSR count). The molecule has 1 amide bonds. The molecule has 2 heterocycles. The van der Waals surface area contributed by atoms with Crippen molar-refractivity contribution in [1.29, 1.82) is 0 Å². The van der Waals surface area contributed by atoms with Gasteiger partial charge in [0.15, 0.2) is 5.69 Å². The highest BCUT2D eigenvalue weighted by Crippen LogP contribution is 2.21. The third-order valence-electron chi connectivity index (χ3n) is 6.03. The molecule has 6 nitrogen and oxygen atoms in total. The summed E-state index contributed by atoms with van der Waals surface area (Å²) < 4.78 is 1.43. The second-order valence-electron chi connectivity index (χ2n) is 9.15. The van der Waals surface area contributed by atoms with Crippen molar-refractivity contribution in [2.75, 3.05) is 25.0 Å². The number of nitrogens with zero attached hydrogens (tertiary/aromatic N) is 4. The van der Waals surface area contributed by atoms with Crippen LogP contribution < -0.4 is 10.5 Å². The van der Waals surface area contributed by atoms with Crippen LogP contribution in [0.15, 0.2) is 53.3 Å². The molecular weight excluding hydrogens is 400 g/mol. The van der Waals surface area contributed by atoms with E-state index in [1.807, 2.05) is 26.0 Å². The van der Waals surface area contributed by atoms with Crippen LogP contribution in [0.4, 0.5) is 5.69 Å². The zero-order valence-electron chi connectivity index (χ0n) is 19.3. The Bertz CT molecular complexity index is 1140. The highest BCUT2D eigenvalue weighted by molar-refractivity contribution is 6.04. The van der Waals surface area contributed by atoms with Gasteiger partial charge < -0.3 is 9.80 Å². The molecule has 0 N–H and O–H groups in total. The molecule has 0 aliphatic carbocycles. The van der Waals surface area contributed by atoms with Crippen LogP contribution in [0.1, 0.15) is 49.2 Å². The summed E-state index contributed by atoms with van der Waals surface area (Å²) in [6.07, 6.45) is 3.81. The topological polar surface area (TPSA) is 58.4 Å². The summed E-state index contributed by atoms with van der Waals surface area (Å²) in [5.41, 5.74) is 2.49. The molecule has 168 valence electrons. The second kappa shape index (κ2) is 9.55. The summed E-state index contributed by atoms with van der Waals surface area (Å²) in [6, 6.07) is 15.7. The number of carbonyl (C=O) groups is 1. The predicted octanol–water partition coefficient (Wildman–Crippen LogP) is 4.32. The molecule has 0 spiro atoms. The Morgan fingerprint density at radius 3 is 2.31 bits per heavy atom. The van der Waals surface area contributed by atoms with Gasteiger partial charge in [-0.3, -0.25) is 9.59 Å². The average molecular weight is 433 g/mol. The Morgan fingerprint density at radius 2 is 1.66 bits per heavy atom. The maximum atomic E-state index is 13.4. The molecule has 1 saturated heterocycles. The third-order valence-corrected chi connectivity index (χ3v) is 6.03. The molecule has 1 fully saturated rings. The van der Waals surface area contributed by atoms with Gasteiger partial charge in [-0.15, -0.1) is 0 Å². The van der Waals surface area contributed by atoms with Gasteiger partial charge in [-0.1, -0.05) is 44.2 Å². The monoisotopic (exact) mass is 432 g/mol. The number of hydrogen-bond donors (Lipinski definition) is 0. The lowest BCUT2D eigenvalue weighted by molar-refractivity contribution is 0.0778. The molecule has 0 bridgehead atoms. The first-order chi connectivity index (χ1) is 15.4. The Morgan fingerprint density at radius 1 is 1.00 bits per heavy atom. The first-order valence-electron chi connectivity index (χ1n) is 11.5. The zero-order chi connectivity index (χ0) is 22.7. The SMILES string of the molecule is CC(C)Cn1nc(C(=O)N(C)Cc2ccc(N3CCCCC3)cc2)c2ccccc2c1=O. The molecule has 1 aromatic heterocycles. The van der Waals surface area contributed by atoms with Crippen LogP contribution >= 0.6 is 0 Å². The standard InChI is InChI=1S/C26H32N4O2/c1-19(2)17-30-25(31)23-10-6-5-9-22(23)24(27-30)26(32)28(3)18-20-11-13-21(14-12-20)29-15-7-4-8-16-29/h5-6,9-14,19H,4,7-8,15-18H2,1-3H3. The fraction of sp³-hybridized carbons (Fsp3) is 0.423. The van der Waals surface area contributed by atoms with Crippen molar-refractivity contribution in [2.45, 2.75) is 46.2 Å². The van der Waals surface area contributed by atoms with Crippen molar-refractivity contribution in [3.8, 4) is 0 Å². The number of anilines is 1. The summed E-state index contributed by atoms with van der Waals surface area (Å²) >= 11 is 0. The first-order valence-corrected chi connectivity index (χ1v) is 11.5. The number of amides is 1. The van der Waals surface area contributed by atoms with E-state index in [1.165, 1.54) is 29.6 Å². The number of hydrogen-bond acceptors (Lipinski definition) is 4. The molecule has 0 radical (unpaired) electrons. The minimum absolute atomic E-state index is 0.151. The molecule has 0 unspecified atom stereocenters. The van der Waals surface area contributed by atoms with Crippen LogP contribution in [0.5, 0.6) is 0 Å². The van der Waals surface area contributed by atoms with Crippen LogP contribution in [-0.2, 0) is 13.1 Å².